The molecule has 0 heterocycles. The molecule has 1 N–H and O–H groups in total. The number of nitrogens with zero attached hydrogens (tertiary/aromatic N) is 1. The number of carbonyl (C=O) groups is 1. The Bertz CT molecular complexity index is 424. The van der Waals surface area contributed by atoms with Gasteiger partial charge in [0.2, 0.25) is 0 Å². The van der Waals surface area contributed by atoms with Gasteiger partial charge in [-0.1, -0.05) is 0 Å². The molecule has 0 radical (unpaired) electrons. The fourth-order valence-electron chi connectivity index (χ4n) is 1.03. The molecule has 0 bridgehead atoms. The number of carboxylic acid groups (broad SMARTS) is 1. The van der Waals surface area contributed by atoms with Crippen LogP contribution in [0.1, 0.15) is 11.1 Å². The van der Waals surface area contributed by atoms with E-state index >= 15 is 0 Å². The Balaban J connectivity index is 3.27. The molecule has 0 atom stereocenters. The quantitative estimate of drug-likeness (QED) is 0.780. The first-order valence-electron chi connectivity index (χ1n) is 3.64. The zero-order valence-corrected chi connectivity index (χ0v) is 6.92. The number of rotatable bonds is 2. The van der Waals surface area contributed by atoms with Gasteiger partial charge in [-0.25, -0.2) is 8.78 Å². The number of halogens is 2. The van der Waals surface area contributed by atoms with Gasteiger partial charge in [0.25, 0.3) is 0 Å². The van der Waals surface area contributed by atoms with Crippen molar-refractivity contribution in [2.75, 3.05) is 0 Å². The highest BCUT2D eigenvalue weighted by Crippen LogP contribution is 2.15. The van der Waals surface area contributed by atoms with Gasteiger partial charge < -0.3 is 5.11 Å². The van der Waals surface area contributed by atoms with Crippen LogP contribution in [0.4, 0.5) is 8.78 Å². The first-order chi connectivity index (χ1) is 6.54. The number of carboxylic acids is 1. The fourth-order valence-corrected chi connectivity index (χ4v) is 1.03. The van der Waals surface area contributed by atoms with E-state index in [1.54, 1.807) is 0 Å². The Morgan fingerprint density at radius 2 is 2.14 bits per heavy atom. The number of benzene rings is 1. The van der Waals surface area contributed by atoms with E-state index in [1.807, 2.05) is 0 Å². The standard InChI is InChI=1S/C9H5F2NO2/c10-6-1-5(4-12)7(3-9(13)14)8(11)2-6/h1-2H,3H2,(H,13,14). The molecule has 0 aliphatic carbocycles. The van der Waals surface area contributed by atoms with Gasteiger partial charge in [-0.3, -0.25) is 4.79 Å². The van der Waals surface area contributed by atoms with Crippen LogP contribution in [0, 0.1) is 23.0 Å². The summed E-state index contributed by atoms with van der Waals surface area (Å²) < 4.78 is 25.6. The van der Waals surface area contributed by atoms with Crippen molar-refractivity contribution in [3.8, 4) is 6.07 Å². The third-order valence-corrected chi connectivity index (χ3v) is 1.61. The van der Waals surface area contributed by atoms with Gasteiger partial charge >= 0.3 is 5.97 Å². The maximum absolute atomic E-state index is 13.0. The lowest BCUT2D eigenvalue weighted by Crippen LogP contribution is -2.05. The van der Waals surface area contributed by atoms with Gasteiger partial charge in [0, 0.05) is 11.6 Å². The summed E-state index contributed by atoms with van der Waals surface area (Å²) in [6.07, 6.45) is -0.630. The summed E-state index contributed by atoms with van der Waals surface area (Å²) in [7, 11) is 0. The molecule has 5 heteroatoms. The summed E-state index contributed by atoms with van der Waals surface area (Å²) in [5, 5.41) is 16.9. The van der Waals surface area contributed by atoms with Gasteiger partial charge in [0.1, 0.15) is 11.6 Å². The third-order valence-electron chi connectivity index (χ3n) is 1.61. The van der Waals surface area contributed by atoms with E-state index in [0.717, 1.165) is 6.07 Å². The average molecular weight is 197 g/mol. The summed E-state index contributed by atoms with van der Waals surface area (Å²) in [6, 6.07) is 2.90. The molecule has 0 saturated carbocycles. The van der Waals surface area contributed by atoms with Crippen LogP contribution in [-0.4, -0.2) is 11.1 Å². The van der Waals surface area contributed by atoms with Crippen LogP contribution in [0.5, 0.6) is 0 Å². The first-order valence-corrected chi connectivity index (χ1v) is 3.64. The smallest absolute Gasteiger partial charge is 0.307 e. The minimum atomic E-state index is -1.27. The third kappa shape index (κ3) is 2.04. The van der Waals surface area contributed by atoms with E-state index in [2.05, 4.69) is 0 Å². The van der Waals surface area contributed by atoms with E-state index in [-0.39, 0.29) is 11.1 Å². The molecule has 0 aliphatic rings. The van der Waals surface area contributed by atoms with Crippen LogP contribution in [0.3, 0.4) is 0 Å². The van der Waals surface area contributed by atoms with E-state index < -0.39 is 24.0 Å². The largest absolute Gasteiger partial charge is 0.481 e. The number of aliphatic carboxylic acids is 1. The summed E-state index contributed by atoms with van der Waals surface area (Å²) in [4.78, 5) is 10.3. The lowest BCUT2D eigenvalue weighted by molar-refractivity contribution is -0.136. The van der Waals surface area contributed by atoms with Gasteiger partial charge in [-0.2, -0.15) is 5.26 Å². The Kier molecular flexibility index (Phi) is 2.77. The minimum absolute atomic E-state index is 0.287. The second kappa shape index (κ2) is 3.83. The Labute approximate surface area is 78.2 Å². The maximum atomic E-state index is 13.0. The van der Waals surface area contributed by atoms with E-state index in [0.29, 0.717) is 6.07 Å². The zero-order valence-electron chi connectivity index (χ0n) is 6.92. The first kappa shape index (κ1) is 10.1. The SMILES string of the molecule is N#Cc1cc(F)cc(F)c1CC(=O)O. The summed E-state index contributed by atoms with van der Waals surface area (Å²) in [5.74, 6) is -3.18. The normalized spacial score (nSPS) is 9.50. The second-order valence-electron chi connectivity index (χ2n) is 2.60. The van der Waals surface area contributed by atoms with E-state index in [4.69, 9.17) is 10.4 Å². The van der Waals surface area contributed by atoms with Crippen molar-refractivity contribution >= 4 is 5.97 Å². The molecule has 0 unspecified atom stereocenters. The summed E-state index contributed by atoms with van der Waals surface area (Å²) in [5.41, 5.74) is -0.577. The predicted octanol–water partition coefficient (Wildman–Crippen LogP) is 1.46. The molecule has 0 saturated heterocycles. The highest BCUT2D eigenvalue weighted by Gasteiger charge is 2.13. The molecule has 3 nitrogen and oxygen atoms in total. The van der Waals surface area contributed by atoms with Crippen molar-refractivity contribution in [2.45, 2.75) is 6.42 Å². The predicted molar refractivity (Wildman–Crippen MR) is 42.4 cm³/mol. The molecule has 1 rings (SSSR count). The van der Waals surface area contributed by atoms with E-state index in [9.17, 15) is 13.6 Å². The average Bonchev–Trinajstić information content (AvgIpc) is 2.08. The number of hydrogen-bond acceptors (Lipinski definition) is 2. The molecule has 0 aromatic heterocycles. The molecule has 72 valence electrons. The van der Waals surface area contributed by atoms with Crippen LogP contribution in [-0.2, 0) is 11.2 Å². The van der Waals surface area contributed by atoms with Crippen molar-refractivity contribution in [3.63, 3.8) is 0 Å². The monoisotopic (exact) mass is 197 g/mol. The van der Waals surface area contributed by atoms with Crippen LogP contribution in [0.15, 0.2) is 12.1 Å². The van der Waals surface area contributed by atoms with Crippen LogP contribution in [0.25, 0.3) is 0 Å². The molecular weight excluding hydrogens is 192 g/mol. The van der Waals surface area contributed by atoms with E-state index in [1.165, 1.54) is 6.07 Å². The van der Waals surface area contributed by atoms with Crippen LogP contribution < -0.4 is 0 Å². The van der Waals surface area contributed by atoms with Crippen molar-refractivity contribution in [3.05, 3.63) is 34.9 Å². The zero-order chi connectivity index (χ0) is 10.7. The molecule has 14 heavy (non-hydrogen) atoms. The number of hydrogen-bond donors (Lipinski definition) is 1. The topological polar surface area (TPSA) is 61.1 Å². The summed E-state index contributed by atoms with van der Waals surface area (Å²) >= 11 is 0. The molecule has 0 fully saturated rings. The van der Waals surface area contributed by atoms with Gasteiger partial charge in [0.05, 0.1) is 18.1 Å². The van der Waals surface area contributed by atoms with Crippen LogP contribution >= 0.6 is 0 Å². The molecule has 0 aliphatic heterocycles. The fraction of sp³-hybridized carbons (Fsp3) is 0.111. The Morgan fingerprint density at radius 1 is 1.50 bits per heavy atom. The van der Waals surface area contributed by atoms with Crippen molar-refractivity contribution in [1.82, 2.24) is 0 Å². The summed E-state index contributed by atoms with van der Waals surface area (Å²) in [6.45, 7) is 0. The lowest BCUT2D eigenvalue weighted by Gasteiger charge is -2.02. The lowest BCUT2D eigenvalue weighted by atomic mass is 10.0. The van der Waals surface area contributed by atoms with Crippen molar-refractivity contribution < 1.29 is 18.7 Å². The molecule has 1 aromatic rings. The van der Waals surface area contributed by atoms with Crippen molar-refractivity contribution in [1.29, 1.82) is 5.26 Å². The molecule has 0 amide bonds. The Morgan fingerprint density at radius 3 is 2.64 bits per heavy atom. The second-order valence-corrected chi connectivity index (χ2v) is 2.60. The minimum Gasteiger partial charge on any atom is -0.481 e. The molecule has 1 aromatic carbocycles. The molecular formula is C9H5F2NO2. The Hall–Kier alpha value is -1.96. The highest BCUT2D eigenvalue weighted by molar-refractivity contribution is 5.71. The molecule has 0 spiro atoms. The van der Waals surface area contributed by atoms with Gasteiger partial charge in [-0.15, -0.1) is 0 Å². The maximum Gasteiger partial charge on any atom is 0.307 e. The van der Waals surface area contributed by atoms with Crippen LogP contribution in [0.2, 0.25) is 0 Å². The van der Waals surface area contributed by atoms with Gasteiger partial charge in [-0.05, 0) is 6.07 Å². The highest BCUT2D eigenvalue weighted by atomic mass is 19.1. The van der Waals surface area contributed by atoms with Crippen molar-refractivity contribution in [2.24, 2.45) is 0 Å². The number of nitriles is 1. The van der Waals surface area contributed by atoms with Gasteiger partial charge in [0.15, 0.2) is 0 Å².